The van der Waals surface area contributed by atoms with Gasteiger partial charge in [-0.15, -0.1) is 0 Å². The molecule has 0 rings (SSSR count). The lowest BCUT2D eigenvalue weighted by Crippen LogP contribution is -2.53. The summed E-state index contributed by atoms with van der Waals surface area (Å²) < 4.78 is 10.2. The van der Waals surface area contributed by atoms with Gasteiger partial charge in [-0.3, -0.25) is 24.0 Å². The van der Waals surface area contributed by atoms with Crippen LogP contribution in [0.2, 0.25) is 0 Å². The fourth-order valence-corrected chi connectivity index (χ4v) is 3.23. The lowest BCUT2D eigenvalue weighted by atomic mass is 10.0. The minimum Gasteiger partial charge on any atom is -0.444 e. The first-order valence-corrected chi connectivity index (χ1v) is 13.6. The Hall–Kier alpha value is -4.75. The molecule has 0 saturated heterocycles. The van der Waals surface area contributed by atoms with Crippen LogP contribution in [0.1, 0.15) is 69.2 Å². The molecule has 0 aliphatic rings. The molecule has 0 radical (unpaired) electrons. The molecule has 0 saturated carbocycles. The minimum absolute atomic E-state index is 0.458. The van der Waals surface area contributed by atoms with Gasteiger partial charge in [-0.25, -0.2) is 9.59 Å². The summed E-state index contributed by atoms with van der Waals surface area (Å²) in [6, 6.07) is -2.30. The average Bonchev–Trinajstić information content (AvgIpc) is 2.86. The van der Waals surface area contributed by atoms with E-state index in [-0.39, 0.29) is 0 Å². The van der Waals surface area contributed by atoms with Crippen LogP contribution in [0.5, 0.6) is 0 Å². The van der Waals surface area contributed by atoms with Crippen LogP contribution in [0.25, 0.3) is 11.1 Å². The number of Topliss-reactive ketones (excluding diaryl/α,β-unsaturated/α-hetero) is 3. The molecule has 44 heavy (non-hydrogen) atoms. The van der Waals surface area contributed by atoms with Gasteiger partial charge in [0.2, 0.25) is 11.8 Å². The summed E-state index contributed by atoms with van der Waals surface area (Å²) in [4.78, 5) is 92.5. The topological polar surface area (TPSA) is 259 Å². The summed E-state index contributed by atoms with van der Waals surface area (Å²) in [7, 11) is 0. The van der Waals surface area contributed by atoms with E-state index >= 15 is 0 Å². The van der Waals surface area contributed by atoms with Crippen molar-refractivity contribution in [2.75, 3.05) is 13.1 Å². The van der Waals surface area contributed by atoms with Gasteiger partial charge in [-0.1, -0.05) is 27.7 Å². The molecule has 2 atom stereocenters. The Morgan fingerprint density at radius 1 is 0.614 bits per heavy atom. The molecular weight excluding hydrogens is 580 g/mol. The van der Waals surface area contributed by atoms with Crippen LogP contribution in [0.3, 0.4) is 0 Å². The van der Waals surface area contributed by atoms with Crippen LogP contribution < -0.4 is 21.3 Å². The standard InChI is InChI=1S/C27H42N8O9/c1-13(2)17(32-24(41)43-26(5,6)7)22(39)30-11-15(36)19(34-28)21(38)20(35-29)16(37)12-31-23(40)18(14(3)4)33-25(42)44-27(8,9)10/h13-14,17-18H,11-12H2,1-10H3,(H,30,39)(H,31,40)(H,32,41)(H,33,42)/t17-,18-/m0/s1. The van der Waals surface area contributed by atoms with Gasteiger partial charge in [0, 0.05) is 0 Å². The van der Waals surface area contributed by atoms with Crippen molar-refractivity contribution in [2.24, 2.45) is 11.8 Å². The number of hydrogen-bond donors (Lipinski definition) is 4. The van der Waals surface area contributed by atoms with E-state index in [0.717, 1.165) is 0 Å². The second-order valence-corrected chi connectivity index (χ2v) is 12.2. The molecule has 0 bridgehead atoms. The molecule has 4 amide bonds. The summed E-state index contributed by atoms with van der Waals surface area (Å²) in [5.41, 5.74) is 14.4. The molecule has 0 heterocycles. The summed E-state index contributed by atoms with van der Waals surface area (Å²) in [6.45, 7) is 14.4. The Bertz CT molecular complexity index is 1150. The zero-order valence-electron chi connectivity index (χ0n) is 26.7. The van der Waals surface area contributed by atoms with Crippen molar-refractivity contribution in [3.8, 4) is 0 Å². The van der Waals surface area contributed by atoms with Crippen molar-refractivity contribution in [3.63, 3.8) is 0 Å². The molecule has 0 unspecified atom stereocenters. The molecule has 4 N–H and O–H groups in total. The highest BCUT2D eigenvalue weighted by atomic mass is 16.6. The molecular formula is C27H42N8O9. The number of hydrogen-bond acceptors (Lipinski definition) is 9. The van der Waals surface area contributed by atoms with Crippen LogP contribution in [0.4, 0.5) is 9.59 Å². The Kier molecular flexibility index (Phi) is 15.0. The predicted molar refractivity (Wildman–Crippen MR) is 154 cm³/mol. The van der Waals surface area contributed by atoms with E-state index < -0.39 is 101 Å². The number of nitrogens with one attached hydrogen (secondary N) is 4. The maximum absolute atomic E-state index is 12.7. The minimum atomic E-state index is -1.60. The van der Waals surface area contributed by atoms with Crippen molar-refractivity contribution in [2.45, 2.75) is 92.5 Å². The molecule has 17 nitrogen and oxygen atoms in total. The molecule has 0 fully saturated rings. The maximum Gasteiger partial charge on any atom is 0.414 e. The van der Waals surface area contributed by atoms with E-state index in [4.69, 9.17) is 9.47 Å². The highest BCUT2D eigenvalue weighted by Gasteiger charge is 2.43. The average molecular weight is 623 g/mol. The third kappa shape index (κ3) is 13.9. The third-order valence-electron chi connectivity index (χ3n) is 5.25. The monoisotopic (exact) mass is 622 g/mol. The van der Waals surface area contributed by atoms with Crippen LogP contribution in [-0.4, -0.2) is 98.7 Å². The first-order chi connectivity index (χ1) is 20.0. The quantitative estimate of drug-likeness (QED) is 0.0901. The molecule has 0 aliphatic heterocycles. The van der Waals surface area contributed by atoms with Gasteiger partial charge in [0.1, 0.15) is 23.3 Å². The number of ether oxygens (including phenoxy) is 2. The summed E-state index contributed by atoms with van der Waals surface area (Å²) in [6.07, 6.45) is -1.78. The smallest absolute Gasteiger partial charge is 0.414 e. The van der Waals surface area contributed by atoms with E-state index in [9.17, 15) is 44.6 Å². The fraction of sp³-hybridized carbons (Fsp3) is 0.667. The van der Waals surface area contributed by atoms with Crippen LogP contribution in [0, 0.1) is 11.8 Å². The van der Waals surface area contributed by atoms with Crippen molar-refractivity contribution >= 4 is 52.8 Å². The number of nitrogens with zero attached hydrogens (tertiary/aromatic N) is 4. The molecule has 0 aliphatic carbocycles. The van der Waals surface area contributed by atoms with E-state index in [1.54, 1.807) is 69.2 Å². The Morgan fingerprint density at radius 2 is 0.909 bits per heavy atom. The lowest BCUT2D eigenvalue weighted by molar-refractivity contribution is -0.129. The molecule has 17 heteroatoms. The van der Waals surface area contributed by atoms with Crippen LogP contribution >= 0.6 is 0 Å². The first-order valence-electron chi connectivity index (χ1n) is 13.6. The normalized spacial score (nSPS) is 12.5. The number of amides is 4. The largest absolute Gasteiger partial charge is 0.444 e. The predicted octanol–water partition coefficient (Wildman–Crippen LogP) is 0.366. The number of ketones is 3. The number of carbonyl (C=O) groups excluding carboxylic acids is 7. The highest BCUT2D eigenvalue weighted by Crippen LogP contribution is 2.10. The second kappa shape index (κ2) is 16.8. The number of carbonyl (C=O) groups is 7. The van der Waals surface area contributed by atoms with Gasteiger partial charge in [0.25, 0.3) is 11.6 Å². The Labute approximate surface area is 255 Å². The lowest BCUT2D eigenvalue weighted by Gasteiger charge is -2.25. The molecule has 244 valence electrons. The summed E-state index contributed by atoms with van der Waals surface area (Å²) in [5, 5.41) is 9.12. The van der Waals surface area contributed by atoms with E-state index in [1.165, 1.54) is 0 Å². The molecule has 0 aromatic carbocycles. The van der Waals surface area contributed by atoms with Gasteiger partial charge in [-0.05, 0) is 53.4 Å². The van der Waals surface area contributed by atoms with E-state index in [2.05, 4.69) is 30.8 Å². The molecule has 0 spiro atoms. The van der Waals surface area contributed by atoms with Gasteiger partial charge >= 0.3 is 29.4 Å². The van der Waals surface area contributed by atoms with E-state index in [1.807, 2.05) is 0 Å². The molecule has 0 aromatic rings. The Balaban J connectivity index is 5.44. The maximum atomic E-state index is 12.7. The van der Waals surface area contributed by atoms with Gasteiger partial charge in [0.15, 0.2) is 0 Å². The first kappa shape index (κ1) is 39.2. The van der Waals surface area contributed by atoms with Crippen molar-refractivity contribution in [1.82, 2.24) is 21.3 Å². The SMILES string of the molecule is CC(C)[C@H](NC(=O)OC(C)(C)C)C(=O)NCC(=O)C(=[N+]=[N-])C(=O)C(=[N+]=[N-])C(=O)CNC(=O)[C@@H](NC(=O)OC(C)(C)C)C(C)C. The van der Waals surface area contributed by atoms with Crippen LogP contribution in [0.15, 0.2) is 0 Å². The molecule has 0 aromatic heterocycles. The zero-order chi connectivity index (χ0) is 34.6. The van der Waals surface area contributed by atoms with Crippen LogP contribution in [-0.2, 0) is 33.4 Å². The van der Waals surface area contributed by atoms with Crippen molar-refractivity contribution in [3.05, 3.63) is 11.1 Å². The Morgan fingerprint density at radius 3 is 1.14 bits per heavy atom. The van der Waals surface area contributed by atoms with Gasteiger partial charge in [0.05, 0.1) is 13.1 Å². The third-order valence-corrected chi connectivity index (χ3v) is 5.25. The summed E-state index contributed by atoms with van der Waals surface area (Å²) >= 11 is 0. The van der Waals surface area contributed by atoms with E-state index in [0.29, 0.717) is 0 Å². The van der Waals surface area contributed by atoms with Crippen molar-refractivity contribution in [1.29, 1.82) is 0 Å². The summed E-state index contributed by atoms with van der Waals surface area (Å²) in [5.74, 6) is -6.73. The number of rotatable bonds is 14. The van der Waals surface area contributed by atoms with Crippen molar-refractivity contribution < 1.29 is 52.6 Å². The van der Waals surface area contributed by atoms with Gasteiger partial charge < -0.3 is 41.8 Å². The fourth-order valence-electron chi connectivity index (χ4n) is 3.23. The second-order valence-electron chi connectivity index (χ2n) is 12.2. The van der Waals surface area contributed by atoms with Gasteiger partial charge in [-0.2, -0.15) is 9.58 Å². The number of alkyl carbamates (subject to hydrolysis) is 2. The zero-order valence-corrected chi connectivity index (χ0v) is 26.7. The highest BCUT2D eigenvalue weighted by molar-refractivity contribution is 6.87.